The van der Waals surface area contributed by atoms with Gasteiger partial charge in [-0.15, -0.1) is 0 Å². The van der Waals surface area contributed by atoms with Gasteiger partial charge in [-0.3, -0.25) is 9.78 Å². The maximum Gasteiger partial charge on any atom is 0.289 e. The smallest absolute Gasteiger partial charge is 0.289 e. The van der Waals surface area contributed by atoms with Crippen LogP contribution in [0.25, 0.3) is 11.4 Å². The number of halogens is 1. The lowest BCUT2D eigenvalue weighted by molar-refractivity contribution is 0.0535. The summed E-state index contributed by atoms with van der Waals surface area (Å²) in [7, 11) is 0. The zero-order chi connectivity index (χ0) is 15.8. The van der Waals surface area contributed by atoms with Gasteiger partial charge in [0.2, 0.25) is 11.7 Å². The normalized spacial score (nSPS) is 14.7. The van der Waals surface area contributed by atoms with Crippen LogP contribution in [0.1, 0.15) is 22.4 Å². The van der Waals surface area contributed by atoms with Gasteiger partial charge in [0.15, 0.2) is 10.4 Å². The van der Waals surface area contributed by atoms with Crippen LogP contribution in [-0.4, -0.2) is 39.0 Å². The number of hydrogen-bond acceptors (Lipinski definition) is 6. The lowest BCUT2D eigenvalue weighted by atomic mass is 10.00. The van der Waals surface area contributed by atoms with E-state index in [2.05, 4.69) is 31.1 Å². The van der Waals surface area contributed by atoms with Gasteiger partial charge in [-0.25, -0.2) is 0 Å². The first-order chi connectivity index (χ1) is 11.2. The van der Waals surface area contributed by atoms with Crippen molar-refractivity contribution in [3.8, 4) is 11.4 Å². The second kappa shape index (κ2) is 5.62. The minimum atomic E-state index is -0.140. The van der Waals surface area contributed by atoms with Crippen molar-refractivity contribution in [3.05, 3.63) is 53.0 Å². The number of rotatable bonds is 3. The summed E-state index contributed by atoms with van der Waals surface area (Å²) in [5, 5.41) is 3.97. The van der Waals surface area contributed by atoms with Crippen molar-refractivity contribution in [1.29, 1.82) is 0 Å². The lowest BCUT2D eigenvalue weighted by Gasteiger charge is -2.36. The molecule has 1 saturated heterocycles. The van der Waals surface area contributed by atoms with E-state index in [0.717, 1.165) is 5.56 Å². The Morgan fingerprint density at radius 1 is 1.30 bits per heavy atom. The third-order valence-corrected chi connectivity index (χ3v) is 4.09. The molecule has 0 unspecified atom stereocenters. The van der Waals surface area contributed by atoms with Crippen LogP contribution in [0.5, 0.6) is 0 Å². The van der Waals surface area contributed by atoms with E-state index in [9.17, 15) is 4.79 Å². The van der Waals surface area contributed by atoms with Gasteiger partial charge in [0.05, 0.1) is 5.92 Å². The molecule has 4 heterocycles. The van der Waals surface area contributed by atoms with Crippen molar-refractivity contribution in [2.24, 2.45) is 0 Å². The zero-order valence-corrected chi connectivity index (χ0v) is 13.4. The Bertz CT molecular complexity index is 839. The Morgan fingerprint density at radius 3 is 2.87 bits per heavy atom. The zero-order valence-electron chi connectivity index (χ0n) is 11.8. The van der Waals surface area contributed by atoms with Crippen LogP contribution < -0.4 is 0 Å². The summed E-state index contributed by atoms with van der Waals surface area (Å²) in [5.74, 6) is 1.27. The Kier molecular flexibility index (Phi) is 3.45. The van der Waals surface area contributed by atoms with E-state index in [1.54, 1.807) is 29.4 Å². The second-order valence-corrected chi connectivity index (χ2v) is 5.99. The molecule has 116 valence electrons. The molecule has 1 aliphatic heterocycles. The fourth-order valence-corrected chi connectivity index (χ4v) is 2.71. The van der Waals surface area contributed by atoms with E-state index in [1.807, 2.05) is 12.1 Å². The van der Waals surface area contributed by atoms with Gasteiger partial charge in [-0.1, -0.05) is 5.16 Å². The molecule has 0 radical (unpaired) electrons. The van der Waals surface area contributed by atoms with Gasteiger partial charge in [0, 0.05) is 31.0 Å². The molecule has 3 aromatic heterocycles. The highest BCUT2D eigenvalue weighted by Crippen LogP contribution is 2.29. The molecule has 0 aliphatic carbocycles. The number of aromatic nitrogens is 3. The van der Waals surface area contributed by atoms with Crippen LogP contribution in [0.3, 0.4) is 0 Å². The SMILES string of the molecule is O=C(c1ccc(Br)o1)N1CC(c2nc(-c3cccnc3)no2)C1. The summed E-state index contributed by atoms with van der Waals surface area (Å²) in [6.07, 6.45) is 3.37. The van der Waals surface area contributed by atoms with E-state index in [0.29, 0.717) is 35.2 Å². The molecule has 7 nitrogen and oxygen atoms in total. The number of furan rings is 1. The lowest BCUT2D eigenvalue weighted by Crippen LogP contribution is -2.48. The predicted molar refractivity (Wildman–Crippen MR) is 82.6 cm³/mol. The molecule has 0 aromatic carbocycles. The quantitative estimate of drug-likeness (QED) is 0.700. The standard InChI is InChI=1S/C15H11BrN4O3/c16-12-4-3-11(22-12)15(21)20-7-10(8-20)14-18-13(19-23-14)9-2-1-5-17-6-9/h1-6,10H,7-8H2. The molecule has 0 spiro atoms. The number of likely N-dealkylation sites (tertiary alicyclic amines) is 1. The minimum Gasteiger partial charge on any atom is -0.444 e. The van der Waals surface area contributed by atoms with Gasteiger partial charge >= 0.3 is 0 Å². The topological polar surface area (TPSA) is 85.3 Å². The summed E-state index contributed by atoms with van der Waals surface area (Å²) in [6, 6.07) is 7.03. The van der Waals surface area contributed by atoms with Crippen molar-refractivity contribution in [2.75, 3.05) is 13.1 Å². The molecule has 1 fully saturated rings. The first kappa shape index (κ1) is 14.1. The van der Waals surface area contributed by atoms with E-state index in [4.69, 9.17) is 8.94 Å². The molecule has 1 aliphatic rings. The van der Waals surface area contributed by atoms with Gasteiger partial charge in [0.1, 0.15) is 0 Å². The van der Waals surface area contributed by atoms with E-state index < -0.39 is 0 Å². The average molecular weight is 375 g/mol. The Morgan fingerprint density at radius 2 is 2.17 bits per heavy atom. The van der Waals surface area contributed by atoms with E-state index in [1.165, 1.54) is 0 Å². The number of nitrogens with zero attached hydrogens (tertiary/aromatic N) is 4. The van der Waals surface area contributed by atoms with E-state index >= 15 is 0 Å². The average Bonchev–Trinajstić information content (AvgIpc) is 3.16. The molecular weight excluding hydrogens is 364 g/mol. The van der Waals surface area contributed by atoms with Gasteiger partial charge in [0.25, 0.3) is 5.91 Å². The van der Waals surface area contributed by atoms with Crippen LogP contribution in [-0.2, 0) is 0 Å². The molecule has 1 amide bonds. The molecule has 0 bridgehead atoms. The molecule has 0 N–H and O–H groups in total. The first-order valence-electron chi connectivity index (χ1n) is 6.99. The minimum absolute atomic E-state index is 0.0512. The third kappa shape index (κ3) is 2.65. The fourth-order valence-electron chi connectivity index (χ4n) is 2.40. The van der Waals surface area contributed by atoms with Crippen molar-refractivity contribution in [2.45, 2.75) is 5.92 Å². The molecule has 8 heteroatoms. The Balaban J connectivity index is 1.42. The van der Waals surface area contributed by atoms with Gasteiger partial charge in [-0.05, 0) is 40.2 Å². The van der Waals surface area contributed by atoms with Crippen LogP contribution in [0, 0.1) is 0 Å². The first-order valence-corrected chi connectivity index (χ1v) is 7.78. The van der Waals surface area contributed by atoms with Crippen LogP contribution in [0.4, 0.5) is 0 Å². The highest BCUT2D eigenvalue weighted by Gasteiger charge is 2.37. The van der Waals surface area contributed by atoms with Crippen molar-refractivity contribution in [3.63, 3.8) is 0 Å². The number of carbonyl (C=O) groups is 1. The maximum absolute atomic E-state index is 12.2. The highest BCUT2D eigenvalue weighted by molar-refractivity contribution is 9.10. The van der Waals surface area contributed by atoms with Crippen molar-refractivity contribution in [1.82, 2.24) is 20.0 Å². The summed E-state index contributed by atoms with van der Waals surface area (Å²) in [5.41, 5.74) is 0.801. The Labute approximate surface area is 139 Å². The highest BCUT2D eigenvalue weighted by atomic mass is 79.9. The summed E-state index contributed by atoms with van der Waals surface area (Å²) >= 11 is 3.19. The fraction of sp³-hybridized carbons (Fsp3) is 0.200. The molecule has 3 aromatic rings. The summed E-state index contributed by atoms with van der Waals surface area (Å²) in [4.78, 5) is 22.3. The van der Waals surface area contributed by atoms with Gasteiger partial charge in [-0.2, -0.15) is 4.98 Å². The summed E-state index contributed by atoms with van der Waals surface area (Å²) in [6.45, 7) is 1.07. The summed E-state index contributed by atoms with van der Waals surface area (Å²) < 4.78 is 11.1. The van der Waals surface area contributed by atoms with Crippen LogP contribution >= 0.6 is 15.9 Å². The maximum atomic E-state index is 12.2. The number of carbonyl (C=O) groups excluding carboxylic acids is 1. The van der Waals surface area contributed by atoms with Crippen molar-refractivity contribution < 1.29 is 13.7 Å². The monoisotopic (exact) mass is 374 g/mol. The van der Waals surface area contributed by atoms with Crippen LogP contribution in [0.2, 0.25) is 0 Å². The molecular formula is C15H11BrN4O3. The largest absolute Gasteiger partial charge is 0.444 e. The third-order valence-electron chi connectivity index (χ3n) is 3.66. The number of amides is 1. The number of pyridine rings is 1. The van der Waals surface area contributed by atoms with E-state index in [-0.39, 0.29) is 11.8 Å². The van der Waals surface area contributed by atoms with Gasteiger partial charge < -0.3 is 13.8 Å². The number of hydrogen-bond donors (Lipinski definition) is 0. The molecule has 23 heavy (non-hydrogen) atoms. The van der Waals surface area contributed by atoms with Crippen molar-refractivity contribution >= 4 is 21.8 Å². The second-order valence-electron chi connectivity index (χ2n) is 5.21. The van der Waals surface area contributed by atoms with Crippen LogP contribution in [0.15, 0.2) is 50.3 Å². The Hall–Kier alpha value is -2.48. The predicted octanol–water partition coefficient (Wildman–Crippen LogP) is 2.73. The molecule has 0 saturated carbocycles. The molecule has 4 rings (SSSR count). The molecule has 0 atom stereocenters.